The lowest BCUT2D eigenvalue weighted by atomic mass is 10.0. The summed E-state index contributed by atoms with van der Waals surface area (Å²) in [4.78, 5) is 0. The molecule has 0 amide bonds. The largest absolute Gasteiger partial charge is 0.270 e. The van der Waals surface area contributed by atoms with Crippen LogP contribution in [0.4, 0.5) is 0 Å². The molecule has 1 unspecified atom stereocenters. The molecule has 1 heterocycles. The molecule has 86 valence electrons. The van der Waals surface area contributed by atoms with E-state index in [9.17, 15) is 0 Å². The Morgan fingerprint density at radius 2 is 1.93 bits per heavy atom. The summed E-state index contributed by atoms with van der Waals surface area (Å²) in [6.45, 7) is 4.51. The van der Waals surface area contributed by atoms with Crippen molar-refractivity contribution < 1.29 is 0 Å². The second kappa shape index (κ2) is 7.49. The minimum absolute atomic E-state index is 0.613. The molecular weight excluding hydrogens is 184 g/mol. The number of unbranched alkanes of at least 4 members (excludes halogenated alkanes) is 4. The first-order valence-electron chi connectivity index (χ1n) is 6.37. The second-order valence-electron chi connectivity index (χ2n) is 4.25. The van der Waals surface area contributed by atoms with Crippen molar-refractivity contribution in [3.05, 3.63) is 18.5 Å². The Morgan fingerprint density at radius 3 is 2.53 bits per heavy atom. The number of hydrogen-bond acceptors (Lipinski definition) is 1. The maximum Gasteiger partial charge on any atom is 0.0516 e. The molecule has 1 aromatic heterocycles. The van der Waals surface area contributed by atoms with Gasteiger partial charge in [0.15, 0.2) is 0 Å². The Labute approximate surface area is 93.7 Å². The van der Waals surface area contributed by atoms with Gasteiger partial charge in [0, 0.05) is 12.4 Å². The van der Waals surface area contributed by atoms with E-state index < -0.39 is 0 Å². The third-order valence-electron chi connectivity index (χ3n) is 3.01. The molecule has 0 N–H and O–H groups in total. The molecular formula is C13H24N2. The molecule has 0 fully saturated rings. The van der Waals surface area contributed by atoms with Gasteiger partial charge in [-0.2, -0.15) is 5.10 Å². The number of rotatable bonds is 8. The maximum absolute atomic E-state index is 4.32. The van der Waals surface area contributed by atoms with E-state index in [0.717, 1.165) is 0 Å². The highest BCUT2D eigenvalue weighted by Crippen LogP contribution is 2.18. The van der Waals surface area contributed by atoms with Gasteiger partial charge in [-0.15, -0.1) is 0 Å². The van der Waals surface area contributed by atoms with Crippen LogP contribution in [0.15, 0.2) is 18.5 Å². The SMILES string of the molecule is CCCCCCCC(CC)n1cccn1. The minimum Gasteiger partial charge on any atom is -0.270 e. The Hall–Kier alpha value is -0.790. The quantitative estimate of drug-likeness (QED) is 0.586. The molecule has 2 heteroatoms. The summed E-state index contributed by atoms with van der Waals surface area (Å²) < 4.78 is 2.11. The summed E-state index contributed by atoms with van der Waals surface area (Å²) >= 11 is 0. The second-order valence-corrected chi connectivity index (χ2v) is 4.25. The molecule has 1 aromatic rings. The highest BCUT2D eigenvalue weighted by Gasteiger charge is 2.07. The molecule has 0 radical (unpaired) electrons. The summed E-state index contributed by atoms with van der Waals surface area (Å²) in [7, 11) is 0. The van der Waals surface area contributed by atoms with E-state index >= 15 is 0 Å². The molecule has 0 aromatic carbocycles. The zero-order valence-electron chi connectivity index (χ0n) is 10.2. The van der Waals surface area contributed by atoms with Crippen LogP contribution < -0.4 is 0 Å². The van der Waals surface area contributed by atoms with Gasteiger partial charge in [-0.3, -0.25) is 4.68 Å². The van der Waals surface area contributed by atoms with Crippen molar-refractivity contribution in [1.29, 1.82) is 0 Å². The summed E-state index contributed by atoms with van der Waals surface area (Å²) in [6.07, 6.45) is 13.3. The molecule has 0 saturated heterocycles. The van der Waals surface area contributed by atoms with Crippen LogP contribution in [0.25, 0.3) is 0 Å². The fourth-order valence-electron chi connectivity index (χ4n) is 2.00. The van der Waals surface area contributed by atoms with Crippen LogP contribution in [0.2, 0.25) is 0 Å². The Bertz CT molecular complexity index is 229. The fourth-order valence-corrected chi connectivity index (χ4v) is 2.00. The number of nitrogens with zero attached hydrogens (tertiary/aromatic N) is 2. The molecule has 1 atom stereocenters. The lowest BCUT2D eigenvalue weighted by molar-refractivity contribution is 0.394. The third kappa shape index (κ3) is 4.50. The third-order valence-corrected chi connectivity index (χ3v) is 3.01. The first kappa shape index (κ1) is 12.3. The highest BCUT2D eigenvalue weighted by molar-refractivity contribution is 4.81. The van der Waals surface area contributed by atoms with Gasteiger partial charge in [0.2, 0.25) is 0 Å². The average molecular weight is 208 g/mol. The highest BCUT2D eigenvalue weighted by atomic mass is 15.3. The van der Waals surface area contributed by atoms with Crippen LogP contribution >= 0.6 is 0 Å². The number of aromatic nitrogens is 2. The fraction of sp³-hybridized carbons (Fsp3) is 0.769. The van der Waals surface area contributed by atoms with Crippen molar-refractivity contribution in [2.75, 3.05) is 0 Å². The van der Waals surface area contributed by atoms with Gasteiger partial charge in [-0.25, -0.2) is 0 Å². The van der Waals surface area contributed by atoms with Crippen LogP contribution in [0, 0.1) is 0 Å². The van der Waals surface area contributed by atoms with Crippen molar-refractivity contribution in [3.63, 3.8) is 0 Å². The summed E-state index contributed by atoms with van der Waals surface area (Å²) in [5.74, 6) is 0. The predicted octanol–water partition coefficient (Wildman–Crippen LogP) is 4.19. The Morgan fingerprint density at radius 1 is 1.13 bits per heavy atom. The van der Waals surface area contributed by atoms with E-state index in [0.29, 0.717) is 6.04 Å². The molecule has 0 saturated carbocycles. The van der Waals surface area contributed by atoms with Crippen molar-refractivity contribution >= 4 is 0 Å². The Kier molecular flexibility index (Phi) is 6.14. The van der Waals surface area contributed by atoms with Gasteiger partial charge < -0.3 is 0 Å². The van der Waals surface area contributed by atoms with Gasteiger partial charge in [0.05, 0.1) is 6.04 Å². The van der Waals surface area contributed by atoms with E-state index in [2.05, 4.69) is 29.8 Å². The first-order valence-corrected chi connectivity index (χ1v) is 6.37. The van der Waals surface area contributed by atoms with Gasteiger partial charge >= 0.3 is 0 Å². The van der Waals surface area contributed by atoms with E-state index in [1.165, 1.54) is 44.9 Å². The minimum atomic E-state index is 0.613. The van der Waals surface area contributed by atoms with Gasteiger partial charge in [-0.1, -0.05) is 46.0 Å². The van der Waals surface area contributed by atoms with Crippen molar-refractivity contribution in [2.24, 2.45) is 0 Å². The number of hydrogen-bond donors (Lipinski definition) is 0. The lowest BCUT2D eigenvalue weighted by Gasteiger charge is -2.15. The van der Waals surface area contributed by atoms with Gasteiger partial charge in [0.1, 0.15) is 0 Å². The topological polar surface area (TPSA) is 17.8 Å². The van der Waals surface area contributed by atoms with Crippen LogP contribution in [0.1, 0.15) is 64.8 Å². The molecule has 0 spiro atoms. The molecule has 0 aliphatic rings. The summed E-state index contributed by atoms with van der Waals surface area (Å²) in [5, 5.41) is 4.32. The summed E-state index contributed by atoms with van der Waals surface area (Å²) in [6, 6.07) is 2.63. The van der Waals surface area contributed by atoms with Crippen LogP contribution in [-0.4, -0.2) is 9.78 Å². The van der Waals surface area contributed by atoms with Gasteiger partial charge in [0.25, 0.3) is 0 Å². The predicted molar refractivity (Wildman–Crippen MR) is 64.9 cm³/mol. The van der Waals surface area contributed by atoms with Crippen LogP contribution in [0.5, 0.6) is 0 Å². The molecule has 0 bridgehead atoms. The maximum atomic E-state index is 4.32. The standard InChI is InChI=1S/C13H24N2/c1-3-5-6-7-8-10-13(4-2)15-12-9-11-14-15/h9,11-13H,3-8,10H2,1-2H3. The zero-order valence-corrected chi connectivity index (χ0v) is 10.2. The summed E-state index contributed by atoms with van der Waals surface area (Å²) in [5.41, 5.74) is 0. The van der Waals surface area contributed by atoms with Crippen molar-refractivity contribution in [2.45, 2.75) is 64.8 Å². The van der Waals surface area contributed by atoms with E-state index in [1.54, 1.807) is 0 Å². The molecule has 2 nitrogen and oxygen atoms in total. The van der Waals surface area contributed by atoms with E-state index in [1.807, 2.05) is 12.3 Å². The smallest absolute Gasteiger partial charge is 0.0516 e. The normalized spacial score (nSPS) is 12.9. The van der Waals surface area contributed by atoms with Crippen LogP contribution in [0.3, 0.4) is 0 Å². The lowest BCUT2D eigenvalue weighted by Crippen LogP contribution is -2.08. The van der Waals surface area contributed by atoms with E-state index in [-0.39, 0.29) is 0 Å². The molecule has 15 heavy (non-hydrogen) atoms. The molecule has 0 aliphatic heterocycles. The van der Waals surface area contributed by atoms with Gasteiger partial charge in [-0.05, 0) is 18.9 Å². The van der Waals surface area contributed by atoms with Crippen molar-refractivity contribution in [3.8, 4) is 0 Å². The van der Waals surface area contributed by atoms with Crippen LogP contribution in [-0.2, 0) is 0 Å². The average Bonchev–Trinajstić information content (AvgIpc) is 2.77. The Balaban J connectivity index is 2.18. The molecule has 1 rings (SSSR count). The molecule has 0 aliphatic carbocycles. The van der Waals surface area contributed by atoms with E-state index in [4.69, 9.17) is 0 Å². The first-order chi connectivity index (χ1) is 7.38. The van der Waals surface area contributed by atoms with Crippen molar-refractivity contribution in [1.82, 2.24) is 9.78 Å². The zero-order chi connectivity index (χ0) is 10.9. The monoisotopic (exact) mass is 208 g/mol.